The molecule has 1 aromatic rings. The van der Waals surface area contributed by atoms with Crippen LogP contribution < -0.4 is 15.4 Å². The highest BCUT2D eigenvalue weighted by atomic mass is 16.5. The Hall–Kier alpha value is -1.89. The monoisotopic (exact) mass is 282 g/mol. The lowest BCUT2D eigenvalue weighted by Gasteiger charge is -2.15. The van der Waals surface area contributed by atoms with E-state index in [1.165, 1.54) is 0 Å². The molecule has 7 heteroatoms. The van der Waals surface area contributed by atoms with Gasteiger partial charge in [0.1, 0.15) is 17.7 Å². The van der Waals surface area contributed by atoms with Crippen molar-refractivity contribution in [2.24, 2.45) is 0 Å². The first-order valence-electron chi connectivity index (χ1n) is 6.58. The molecule has 0 saturated carbocycles. The average molecular weight is 282 g/mol. The number of hydrogen-bond donors (Lipinski definition) is 2. The molecule has 1 heterocycles. The van der Waals surface area contributed by atoms with Crippen molar-refractivity contribution in [2.75, 3.05) is 32.2 Å². The maximum atomic E-state index is 11.8. The van der Waals surface area contributed by atoms with Crippen molar-refractivity contribution in [3.05, 3.63) is 11.9 Å². The Labute approximate surface area is 119 Å². The van der Waals surface area contributed by atoms with Gasteiger partial charge in [0.05, 0.1) is 13.2 Å². The first-order valence-corrected chi connectivity index (χ1v) is 6.58. The van der Waals surface area contributed by atoms with Crippen LogP contribution in [0.15, 0.2) is 6.07 Å². The number of aromatic nitrogens is 2. The van der Waals surface area contributed by atoms with Crippen LogP contribution >= 0.6 is 0 Å². The van der Waals surface area contributed by atoms with E-state index in [0.29, 0.717) is 37.3 Å². The molecule has 0 radical (unpaired) electrons. The Morgan fingerprint density at radius 1 is 1.45 bits per heavy atom. The van der Waals surface area contributed by atoms with E-state index in [4.69, 9.17) is 9.47 Å². The van der Waals surface area contributed by atoms with Gasteiger partial charge in [-0.05, 0) is 20.8 Å². The van der Waals surface area contributed by atoms with E-state index in [-0.39, 0.29) is 5.91 Å². The van der Waals surface area contributed by atoms with Crippen molar-refractivity contribution in [2.45, 2.75) is 26.8 Å². The summed E-state index contributed by atoms with van der Waals surface area (Å²) in [6, 6.07) is 1.27. The third-order valence-electron chi connectivity index (χ3n) is 2.47. The first kappa shape index (κ1) is 16.2. The summed E-state index contributed by atoms with van der Waals surface area (Å²) in [4.78, 5) is 20.2. The van der Waals surface area contributed by atoms with E-state index < -0.39 is 6.04 Å². The van der Waals surface area contributed by atoms with E-state index >= 15 is 0 Å². The molecule has 0 fully saturated rings. The van der Waals surface area contributed by atoms with Gasteiger partial charge in [0.2, 0.25) is 11.8 Å². The average Bonchev–Trinajstić information content (AvgIpc) is 2.38. The number of ether oxygens (including phenoxy) is 2. The maximum Gasteiger partial charge on any atom is 0.242 e. The Balaban J connectivity index is 2.60. The molecule has 0 aliphatic rings. The molecule has 7 nitrogen and oxygen atoms in total. The molecule has 0 spiro atoms. The molecule has 1 amide bonds. The van der Waals surface area contributed by atoms with Crippen LogP contribution in [0.2, 0.25) is 0 Å². The predicted octanol–water partition coefficient (Wildman–Crippen LogP) is 0.747. The van der Waals surface area contributed by atoms with Crippen molar-refractivity contribution in [3.8, 4) is 5.88 Å². The maximum absolute atomic E-state index is 11.8. The number of aryl methyl sites for hydroxylation is 1. The quantitative estimate of drug-likeness (QED) is 0.684. The summed E-state index contributed by atoms with van der Waals surface area (Å²) in [5.74, 6) is 1.53. The Kier molecular flexibility index (Phi) is 6.72. The van der Waals surface area contributed by atoms with Crippen LogP contribution in [0, 0.1) is 6.92 Å². The minimum atomic E-state index is -0.407. The van der Waals surface area contributed by atoms with Crippen LogP contribution in [0.5, 0.6) is 5.88 Å². The third-order valence-corrected chi connectivity index (χ3v) is 2.47. The molecular weight excluding hydrogens is 260 g/mol. The van der Waals surface area contributed by atoms with Crippen molar-refractivity contribution in [1.82, 2.24) is 15.3 Å². The second kappa shape index (κ2) is 8.31. The fraction of sp³-hybridized carbons (Fsp3) is 0.615. The van der Waals surface area contributed by atoms with Gasteiger partial charge in [-0.15, -0.1) is 0 Å². The van der Waals surface area contributed by atoms with Gasteiger partial charge in [0, 0.05) is 19.7 Å². The van der Waals surface area contributed by atoms with Crippen molar-refractivity contribution in [1.29, 1.82) is 0 Å². The number of anilines is 1. The highest BCUT2D eigenvalue weighted by molar-refractivity contribution is 5.83. The lowest BCUT2D eigenvalue weighted by atomic mass is 10.3. The molecule has 0 saturated heterocycles. The van der Waals surface area contributed by atoms with E-state index in [2.05, 4.69) is 20.6 Å². The molecule has 112 valence electrons. The molecule has 0 aliphatic carbocycles. The lowest BCUT2D eigenvalue weighted by molar-refractivity contribution is -0.121. The molecule has 1 atom stereocenters. The minimum absolute atomic E-state index is 0.115. The van der Waals surface area contributed by atoms with Crippen LogP contribution in [0.25, 0.3) is 0 Å². The minimum Gasteiger partial charge on any atom is -0.478 e. The zero-order valence-electron chi connectivity index (χ0n) is 12.4. The number of nitrogens with one attached hydrogen (secondary N) is 2. The van der Waals surface area contributed by atoms with Crippen LogP contribution in [0.1, 0.15) is 19.7 Å². The van der Waals surface area contributed by atoms with E-state index in [0.717, 1.165) is 0 Å². The topological polar surface area (TPSA) is 85.4 Å². The van der Waals surface area contributed by atoms with E-state index in [1.54, 1.807) is 27.0 Å². The highest BCUT2D eigenvalue weighted by Crippen LogP contribution is 2.14. The number of hydrogen-bond acceptors (Lipinski definition) is 6. The van der Waals surface area contributed by atoms with Gasteiger partial charge < -0.3 is 20.1 Å². The molecule has 1 aromatic heterocycles. The van der Waals surface area contributed by atoms with Crippen LogP contribution in [0.4, 0.5) is 5.82 Å². The van der Waals surface area contributed by atoms with Crippen molar-refractivity contribution < 1.29 is 14.3 Å². The number of amides is 1. The standard InChI is InChI=1S/C13H22N4O3/c1-5-20-12-8-11(16-10(3)17-12)15-9(2)13(18)14-6-7-19-4/h8-9H,5-7H2,1-4H3,(H,14,18)(H,15,16,17). The number of methoxy groups -OCH3 is 1. The highest BCUT2D eigenvalue weighted by Gasteiger charge is 2.13. The number of nitrogens with zero attached hydrogens (tertiary/aromatic N) is 2. The summed E-state index contributed by atoms with van der Waals surface area (Å²) in [5, 5.41) is 5.78. The van der Waals surface area contributed by atoms with Gasteiger partial charge >= 0.3 is 0 Å². The molecule has 1 unspecified atom stereocenters. The summed E-state index contributed by atoms with van der Waals surface area (Å²) >= 11 is 0. The molecule has 0 bridgehead atoms. The van der Waals surface area contributed by atoms with E-state index in [9.17, 15) is 4.79 Å². The second-order valence-corrected chi connectivity index (χ2v) is 4.22. The van der Waals surface area contributed by atoms with Gasteiger partial charge in [-0.25, -0.2) is 4.98 Å². The fourth-order valence-corrected chi connectivity index (χ4v) is 1.55. The first-order chi connectivity index (χ1) is 9.56. The van der Waals surface area contributed by atoms with Gasteiger partial charge in [-0.1, -0.05) is 0 Å². The lowest BCUT2D eigenvalue weighted by Crippen LogP contribution is -2.39. The normalized spacial score (nSPS) is 11.8. The van der Waals surface area contributed by atoms with Crippen LogP contribution in [-0.2, 0) is 9.53 Å². The SMILES string of the molecule is CCOc1cc(NC(C)C(=O)NCCOC)nc(C)n1. The zero-order chi connectivity index (χ0) is 15.0. The number of carbonyl (C=O) groups is 1. The number of carbonyl (C=O) groups excluding carboxylic acids is 1. The fourth-order valence-electron chi connectivity index (χ4n) is 1.55. The summed E-state index contributed by atoms with van der Waals surface area (Å²) in [6.45, 7) is 6.92. The molecule has 0 aromatic carbocycles. The zero-order valence-corrected chi connectivity index (χ0v) is 12.4. The summed E-state index contributed by atoms with van der Waals surface area (Å²) < 4.78 is 10.2. The Bertz CT molecular complexity index is 440. The van der Waals surface area contributed by atoms with Crippen molar-refractivity contribution >= 4 is 11.7 Å². The smallest absolute Gasteiger partial charge is 0.242 e. The summed E-state index contributed by atoms with van der Waals surface area (Å²) in [6.07, 6.45) is 0. The second-order valence-electron chi connectivity index (χ2n) is 4.22. The Morgan fingerprint density at radius 3 is 2.85 bits per heavy atom. The third kappa shape index (κ3) is 5.40. The molecule has 2 N–H and O–H groups in total. The van der Waals surface area contributed by atoms with Crippen LogP contribution in [-0.4, -0.2) is 48.8 Å². The van der Waals surface area contributed by atoms with Gasteiger partial charge in [0.15, 0.2) is 0 Å². The van der Waals surface area contributed by atoms with Gasteiger partial charge in [0.25, 0.3) is 0 Å². The van der Waals surface area contributed by atoms with E-state index in [1.807, 2.05) is 6.92 Å². The molecule has 0 aliphatic heterocycles. The summed E-state index contributed by atoms with van der Waals surface area (Å²) in [5.41, 5.74) is 0. The van der Waals surface area contributed by atoms with Gasteiger partial charge in [-0.2, -0.15) is 4.98 Å². The largest absolute Gasteiger partial charge is 0.478 e. The van der Waals surface area contributed by atoms with Gasteiger partial charge in [-0.3, -0.25) is 4.79 Å². The summed E-state index contributed by atoms with van der Waals surface area (Å²) in [7, 11) is 1.59. The van der Waals surface area contributed by atoms with Crippen molar-refractivity contribution in [3.63, 3.8) is 0 Å². The molecule has 1 rings (SSSR count). The molecular formula is C13H22N4O3. The van der Waals surface area contributed by atoms with Crippen LogP contribution in [0.3, 0.4) is 0 Å². The molecule has 20 heavy (non-hydrogen) atoms. The predicted molar refractivity (Wildman–Crippen MR) is 75.9 cm³/mol. The Morgan fingerprint density at radius 2 is 2.20 bits per heavy atom. The number of rotatable bonds is 8.